The molecule has 0 atom stereocenters. The molecule has 2 heterocycles. The molecule has 0 radical (unpaired) electrons. The Bertz CT molecular complexity index is 1030. The molecule has 0 bridgehead atoms. The second-order valence-corrected chi connectivity index (χ2v) is 9.05. The highest BCUT2D eigenvalue weighted by Crippen LogP contribution is 2.22. The smallest absolute Gasteiger partial charge is 0.267 e. The van der Waals surface area contributed by atoms with Crippen molar-refractivity contribution in [3.05, 3.63) is 81.5 Å². The fourth-order valence-corrected chi connectivity index (χ4v) is 4.55. The van der Waals surface area contributed by atoms with E-state index in [4.69, 9.17) is 23.8 Å². The number of rotatable bonds is 5. The summed E-state index contributed by atoms with van der Waals surface area (Å²) in [6, 6.07) is 19.8. The molecule has 1 amide bonds. The van der Waals surface area contributed by atoms with Gasteiger partial charge >= 0.3 is 0 Å². The molecule has 1 saturated heterocycles. The van der Waals surface area contributed by atoms with Gasteiger partial charge in [0.1, 0.15) is 0 Å². The van der Waals surface area contributed by atoms with Crippen LogP contribution in [0.15, 0.2) is 66.0 Å². The predicted octanol–water partition coefficient (Wildman–Crippen LogP) is 4.85. The maximum atomic E-state index is 12.1. The number of thiocarbonyl (C=S) groups is 1. The van der Waals surface area contributed by atoms with E-state index in [0.717, 1.165) is 43.4 Å². The van der Waals surface area contributed by atoms with Gasteiger partial charge in [-0.05, 0) is 59.6 Å². The van der Waals surface area contributed by atoms with Gasteiger partial charge in [0, 0.05) is 49.1 Å². The van der Waals surface area contributed by atoms with Gasteiger partial charge in [-0.1, -0.05) is 35.9 Å². The zero-order chi connectivity index (χ0) is 21.6. The Labute approximate surface area is 196 Å². The number of hydrogen-bond acceptors (Lipinski definition) is 5. The van der Waals surface area contributed by atoms with E-state index in [-0.39, 0.29) is 5.91 Å². The van der Waals surface area contributed by atoms with Crippen molar-refractivity contribution in [2.75, 3.05) is 36.4 Å². The molecule has 1 aliphatic heterocycles. The Hall–Kier alpha value is -2.45. The van der Waals surface area contributed by atoms with E-state index < -0.39 is 0 Å². The van der Waals surface area contributed by atoms with Crippen molar-refractivity contribution in [2.24, 2.45) is 0 Å². The highest BCUT2D eigenvalue weighted by molar-refractivity contribution is 7.80. The molecule has 5 nitrogen and oxygen atoms in total. The van der Waals surface area contributed by atoms with E-state index in [1.54, 1.807) is 6.07 Å². The zero-order valence-corrected chi connectivity index (χ0v) is 19.3. The van der Waals surface area contributed by atoms with E-state index in [1.165, 1.54) is 22.6 Å². The number of halogens is 1. The van der Waals surface area contributed by atoms with Crippen LogP contribution in [0.2, 0.25) is 5.02 Å². The topological polar surface area (TPSA) is 47.6 Å². The van der Waals surface area contributed by atoms with E-state index in [0.29, 0.717) is 9.99 Å². The highest BCUT2D eigenvalue weighted by atomic mass is 35.5. The average molecular weight is 471 g/mol. The number of nitrogens with zero attached hydrogens (tertiary/aromatic N) is 2. The molecule has 160 valence electrons. The lowest BCUT2D eigenvalue weighted by Gasteiger charge is -2.36. The van der Waals surface area contributed by atoms with Gasteiger partial charge in [-0.15, -0.1) is 11.3 Å². The Balaban J connectivity index is 1.26. The molecule has 0 saturated carbocycles. The third-order valence-corrected chi connectivity index (χ3v) is 6.63. The summed E-state index contributed by atoms with van der Waals surface area (Å²) in [5.41, 5.74) is 3.20. The number of hydrogen-bond donors (Lipinski definition) is 2. The lowest BCUT2D eigenvalue weighted by atomic mass is 10.2. The minimum atomic E-state index is -0.196. The lowest BCUT2D eigenvalue weighted by Crippen LogP contribution is -2.46. The zero-order valence-electron chi connectivity index (χ0n) is 16.9. The Morgan fingerprint density at radius 1 is 1.00 bits per heavy atom. The molecular weight excluding hydrogens is 448 g/mol. The van der Waals surface area contributed by atoms with Crippen LogP contribution in [0.5, 0.6) is 0 Å². The molecule has 8 heteroatoms. The molecule has 1 fully saturated rings. The maximum absolute atomic E-state index is 12.1. The normalized spacial score (nSPS) is 14.3. The SMILES string of the molecule is O=C(NC(=S)Nc1ccc(N2CCN(Cc3ccccc3Cl)CC2)cc1)c1cccs1. The molecule has 31 heavy (non-hydrogen) atoms. The third-order valence-electron chi connectivity index (χ3n) is 5.19. The number of benzene rings is 2. The van der Waals surface area contributed by atoms with Crippen molar-refractivity contribution in [1.29, 1.82) is 0 Å². The minimum Gasteiger partial charge on any atom is -0.369 e. The number of carbonyl (C=O) groups is 1. The minimum absolute atomic E-state index is 0.196. The quantitative estimate of drug-likeness (QED) is 0.522. The summed E-state index contributed by atoms with van der Waals surface area (Å²) < 4.78 is 0. The Morgan fingerprint density at radius 3 is 2.42 bits per heavy atom. The molecule has 0 aliphatic carbocycles. The van der Waals surface area contributed by atoms with E-state index in [1.807, 2.05) is 41.8 Å². The number of piperazine rings is 1. The second-order valence-electron chi connectivity index (χ2n) is 7.29. The summed E-state index contributed by atoms with van der Waals surface area (Å²) >= 11 is 12.9. The predicted molar refractivity (Wildman–Crippen MR) is 133 cm³/mol. The number of anilines is 2. The van der Waals surface area contributed by atoms with E-state index >= 15 is 0 Å². The summed E-state index contributed by atoms with van der Waals surface area (Å²) in [6.07, 6.45) is 0. The summed E-state index contributed by atoms with van der Waals surface area (Å²) in [5, 5.41) is 8.76. The van der Waals surface area contributed by atoms with Crippen LogP contribution in [0, 0.1) is 0 Å². The van der Waals surface area contributed by atoms with Gasteiger partial charge in [-0.3, -0.25) is 15.0 Å². The molecular formula is C23H23ClN4OS2. The fourth-order valence-electron chi connectivity index (χ4n) is 3.52. The highest BCUT2D eigenvalue weighted by Gasteiger charge is 2.18. The van der Waals surface area contributed by atoms with Crippen molar-refractivity contribution in [1.82, 2.24) is 10.2 Å². The van der Waals surface area contributed by atoms with Crippen LogP contribution in [-0.4, -0.2) is 42.1 Å². The summed E-state index contributed by atoms with van der Waals surface area (Å²) in [5.74, 6) is -0.196. The van der Waals surface area contributed by atoms with Crippen LogP contribution in [0.3, 0.4) is 0 Å². The van der Waals surface area contributed by atoms with Crippen LogP contribution in [0.4, 0.5) is 11.4 Å². The number of nitrogens with one attached hydrogen (secondary N) is 2. The standard InChI is InChI=1S/C23H23ClN4OS2/c24-20-5-2-1-4-17(20)16-27-11-13-28(14-12-27)19-9-7-18(8-10-19)25-23(30)26-22(29)21-6-3-15-31-21/h1-10,15H,11-14,16H2,(H2,25,26,29,30). The van der Waals surface area contributed by atoms with Crippen molar-refractivity contribution in [2.45, 2.75) is 6.54 Å². The number of thiophene rings is 1. The molecule has 2 N–H and O–H groups in total. The molecule has 1 aliphatic rings. The fraction of sp³-hybridized carbons (Fsp3) is 0.217. The van der Waals surface area contributed by atoms with Gasteiger partial charge < -0.3 is 10.2 Å². The van der Waals surface area contributed by atoms with Crippen molar-refractivity contribution < 1.29 is 4.79 Å². The van der Waals surface area contributed by atoms with E-state index in [2.05, 4.69) is 38.6 Å². The summed E-state index contributed by atoms with van der Waals surface area (Å²) in [4.78, 5) is 17.5. The van der Waals surface area contributed by atoms with Gasteiger partial charge in [0.15, 0.2) is 5.11 Å². The molecule has 3 aromatic rings. The second kappa shape index (κ2) is 10.2. The average Bonchev–Trinajstić information content (AvgIpc) is 3.32. The van der Waals surface area contributed by atoms with Gasteiger partial charge in [0.05, 0.1) is 4.88 Å². The van der Waals surface area contributed by atoms with Crippen molar-refractivity contribution >= 4 is 57.5 Å². The van der Waals surface area contributed by atoms with Gasteiger partial charge in [0.2, 0.25) is 0 Å². The number of carbonyl (C=O) groups excluding carboxylic acids is 1. The van der Waals surface area contributed by atoms with Gasteiger partial charge in [-0.25, -0.2) is 0 Å². The monoisotopic (exact) mass is 470 g/mol. The molecule has 4 rings (SSSR count). The number of amides is 1. The molecule has 1 aromatic heterocycles. The first kappa shape index (κ1) is 21.8. The first-order chi connectivity index (χ1) is 15.1. The van der Waals surface area contributed by atoms with Crippen LogP contribution in [0.1, 0.15) is 15.2 Å². The molecule has 0 unspecified atom stereocenters. The first-order valence-electron chi connectivity index (χ1n) is 10.0. The van der Waals surface area contributed by atoms with Crippen molar-refractivity contribution in [3.8, 4) is 0 Å². The van der Waals surface area contributed by atoms with Crippen LogP contribution in [0.25, 0.3) is 0 Å². The largest absolute Gasteiger partial charge is 0.369 e. The van der Waals surface area contributed by atoms with Crippen LogP contribution < -0.4 is 15.5 Å². The van der Waals surface area contributed by atoms with E-state index in [9.17, 15) is 4.79 Å². The van der Waals surface area contributed by atoms with Gasteiger partial charge in [-0.2, -0.15) is 0 Å². The summed E-state index contributed by atoms with van der Waals surface area (Å²) in [6.45, 7) is 4.79. The lowest BCUT2D eigenvalue weighted by molar-refractivity contribution is 0.0981. The molecule has 0 spiro atoms. The van der Waals surface area contributed by atoms with Crippen molar-refractivity contribution in [3.63, 3.8) is 0 Å². The third kappa shape index (κ3) is 5.83. The van der Waals surface area contributed by atoms with Crippen LogP contribution in [-0.2, 0) is 6.54 Å². The Kier molecular flexibility index (Phi) is 7.19. The van der Waals surface area contributed by atoms with Crippen LogP contribution >= 0.6 is 35.2 Å². The maximum Gasteiger partial charge on any atom is 0.267 e. The summed E-state index contributed by atoms with van der Waals surface area (Å²) in [7, 11) is 0. The molecule has 2 aromatic carbocycles. The Morgan fingerprint density at radius 2 is 1.74 bits per heavy atom. The van der Waals surface area contributed by atoms with Gasteiger partial charge in [0.25, 0.3) is 5.91 Å². The first-order valence-corrected chi connectivity index (χ1v) is 11.7.